The Labute approximate surface area is 140 Å². The van der Waals surface area contributed by atoms with Crippen molar-refractivity contribution in [2.24, 2.45) is 0 Å². The van der Waals surface area contributed by atoms with Crippen molar-refractivity contribution in [2.75, 3.05) is 13.7 Å². The molecule has 0 spiro atoms. The Bertz CT molecular complexity index is 674. The lowest BCUT2D eigenvalue weighted by Gasteiger charge is -2.11. The lowest BCUT2D eigenvalue weighted by atomic mass is 10.0. The molecule has 1 atom stereocenters. The Morgan fingerprint density at radius 2 is 1.92 bits per heavy atom. The van der Waals surface area contributed by atoms with E-state index in [1.54, 1.807) is 24.3 Å². The van der Waals surface area contributed by atoms with Crippen LogP contribution in [0.4, 0.5) is 0 Å². The Balaban J connectivity index is 2.35. The van der Waals surface area contributed by atoms with Crippen LogP contribution in [0, 0.1) is 0 Å². The van der Waals surface area contributed by atoms with Crippen LogP contribution in [-0.4, -0.2) is 41.8 Å². The fourth-order valence-electron chi connectivity index (χ4n) is 2.30. The second kappa shape index (κ2) is 8.31. The number of phenolic OH excluding ortho intramolecular Hbond substituents is 1. The van der Waals surface area contributed by atoms with Crippen LogP contribution >= 0.6 is 0 Å². The molecule has 0 aromatic heterocycles. The summed E-state index contributed by atoms with van der Waals surface area (Å²) in [5, 5.41) is 19.9. The van der Waals surface area contributed by atoms with E-state index in [0.717, 1.165) is 0 Å². The van der Waals surface area contributed by atoms with E-state index >= 15 is 0 Å². The number of rotatable bonds is 1. The predicted molar refractivity (Wildman–Crippen MR) is 88.0 cm³/mol. The molecule has 128 valence electrons. The molecular formula is C18H20O6. The Morgan fingerprint density at radius 1 is 1.17 bits per heavy atom. The molecule has 6 heteroatoms. The van der Waals surface area contributed by atoms with E-state index in [1.807, 2.05) is 0 Å². The highest BCUT2D eigenvalue weighted by Crippen LogP contribution is 2.30. The number of aliphatic hydroxyl groups is 1. The van der Waals surface area contributed by atoms with E-state index in [1.165, 1.54) is 19.3 Å². The molecule has 1 aliphatic rings. The molecule has 2 rings (SSSR count). The Morgan fingerprint density at radius 3 is 2.67 bits per heavy atom. The summed E-state index contributed by atoms with van der Waals surface area (Å²) in [5.41, 5.74) is 0.509. The van der Waals surface area contributed by atoms with Gasteiger partial charge in [-0.15, -0.1) is 0 Å². The molecule has 0 fully saturated rings. The lowest BCUT2D eigenvalue weighted by molar-refractivity contribution is -0.122. The monoisotopic (exact) mass is 332 g/mol. The second-order valence-corrected chi connectivity index (χ2v) is 5.34. The molecule has 2 N–H and O–H groups in total. The number of esters is 1. The number of phenols is 1. The van der Waals surface area contributed by atoms with Crippen LogP contribution in [0.5, 0.6) is 11.5 Å². The number of cyclic esters (lactones) is 1. The number of ether oxygens (including phenoxy) is 2. The first-order chi connectivity index (χ1) is 11.5. The van der Waals surface area contributed by atoms with Crippen LogP contribution in [0.1, 0.15) is 35.2 Å². The number of aromatic hydroxyl groups is 1. The van der Waals surface area contributed by atoms with E-state index in [4.69, 9.17) is 9.47 Å². The maximum atomic E-state index is 12.2. The average molecular weight is 332 g/mol. The van der Waals surface area contributed by atoms with E-state index in [0.29, 0.717) is 24.2 Å². The third kappa shape index (κ3) is 4.45. The number of ketones is 1. The molecule has 0 amide bonds. The summed E-state index contributed by atoms with van der Waals surface area (Å²) < 4.78 is 10.2. The molecule has 0 radical (unpaired) electrons. The number of aliphatic hydroxyl groups excluding tert-OH is 1. The topological polar surface area (TPSA) is 93.1 Å². The highest BCUT2D eigenvalue weighted by atomic mass is 16.5. The van der Waals surface area contributed by atoms with Crippen molar-refractivity contribution in [3.05, 3.63) is 41.5 Å². The van der Waals surface area contributed by atoms with Gasteiger partial charge in [-0.2, -0.15) is 0 Å². The fraction of sp³-hybridized carbons (Fsp3) is 0.333. The number of hydrogen-bond acceptors (Lipinski definition) is 6. The zero-order valence-corrected chi connectivity index (χ0v) is 13.4. The Hall–Kier alpha value is -2.60. The van der Waals surface area contributed by atoms with Crippen LogP contribution < -0.4 is 4.74 Å². The largest absolute Gasteiger partial charge is 0.507 e. The molecule has 1 aliphatic heterocycles. The standard InChI is InChI=1S/C18H20O6/c1-23-13-10-12-6-2-3-7-14(19)15(20)8-4-5-9-24-18(22)17(12)16(21)11-13/h2,4,6,8,10-11,14,19,21H,3,5,7,9H2,1H3/b6-2+,8-4-/t14-/m0/s1. The fourth-order valence-corrected chi connectivity index (χ4v) is 2.30. The maximum absolute atomic E-state index is 12.2. The Kier molecular flexibility index (Phi) is 6.14. The van der Waals surface area contributed by atoms with Crippen LogP contribution in [0.15, 0.2) is 30.4 Å². The maximum Gasteiger partial charge on any atom is 0.342 e. The van der Waals surface area contributed by atoms with Crippen LogP contribution in [0.2, 0.25) is 0 Å². The molecule has 0 bridgehead atoms. The third-order valence-electron chi connectivity index (χ3n) is 3.59. The van der Waals surface area contributed by atoms with E-state index in [2.05, 4.69) is 0 Å². The summed E-state index contributed by atoms with van der Waals surface area (Å²) in [5.74, 6) is -0.835. The highest BCUT2D eigenvalue weighted by molar-refractivity contribution is 5.97. The molecule has 0 aliphatic carbocycles. The molecule has 1 heterocycles. The van der Waals surface area contributed by atoms with Gasteiger partial charge in [0.1, 0.15) is 23.2 Å². The number of fused-ring (bicyclic) bond motifs is 1. The van der Waals surface area contributed by atoms with E-state index in [-0.39, 0.29) is 30.1 Å². The minimum absolute atomic E-state index is 0.0599. The zero-order valence-electron chi connectivity index (χ0n) is 13.4. The molecular weight excluding hydrogens is 312 g/mol. The number of methoxy groups -OCH3 is 1. The first kappa shape index (κ1) is 17.7. The average Bonchev–Trinajstić information content (AvgIpc) is 2.56. The first-order valence-corrected chi connectivity index (χ1v) is 7.66. The van der Waals surface area contributed by atoms with Gasteiger partial charge in [0, 0.05) is 6.07 Å². The number of hydrogen-bond donors (Lipinski definition) is 2. The summed E-state index contributed by atoms with van der Waals surface area (Å²) in [7, 11) is 1.46. The van der Waals surface area contributed by atoms with E-state index in [9.17, 15) is 19.8 Å². The summed E-state index contributed by atoms with van der Waals surface area (Å²) in [6.07, 6.45) is 6.19. The summed E-state index contributed by atoms with van der Waals surface area (Å²) in [6, 6.07) is 2.96. The SMILES string of the molecule is COc1cc(O)c2c(c1)/C=C/CC[C@H](O)C(=O)/C=C\CCOC2=O. The molecule has 24 heavy (non-hydrogen) atoms. The van der Waals surface area contributed by atoms with Crippen LogP contribution in [0.3, 0.4) is 0 Å². The van der Waals surface area contributed by atoms with Gasteiger partial charge in [-0.05, 0) is 37.0 Å². The minimum atomic E-state index is -1.06. The summed E-state index contributed by atoms with van der Waals surface area (Å²) >= 11 is 0. The summed E-state index contributed by atoms with van der Waals surface area (Å²) in [4.78, 5) is 23.9. The van der Waals surface area contributed by atoms with Crippen molar-refractivity contribution in [1.29, 1.82) is 0 Å². The third-order valence-corrected chi connectivity index (χ3v) is 3.59. The van der Waals surface area contributed by atoms with Gasteiger partial charge in [0.15, 0.2) is 5.78 Å². The second-order valence-electron chi connectivity index (χ2n) is 5.34. The number of allylic oxidation sites excluding steroid dienone is 1. The van der Waals surface area contributed by atoms with Crippen LogP contribution in [0.25, 0.3) is 6.08 Å². The predicted octanol–water partition coefficient (Wildman–Crippen LogP) is 2.24. The number of carbonyl (C=O) groups excluding carboxylic acids is 2. The number of carbonyl (C=O) groups is 2. The zero-order chi connectivity index (χ0) is 17.5. The van der Waals surface area contributed by atoms with Crippen molar-refractivity contribution < 1.29 is 29.3 Å². The normalized spacial score (nSPS) is 22.0. The van der Waals surface area contributed by atoms with Gasteiger partial charge in [0.25, 0.3) is 0 Å². The van der Waals surface area contributed by atoms with Crippen molar-refractivity contribution in [1.82, 2.24) is 0 Å². The smallest absolute Gasteiger partial charge is 0.342 e. The van der Waals surface area contributed by atoms with Gasteiger partial charge in [-0.1, -0.05) is 18.2 Å². The van der Waals surface area contributed by atoms with Gasteiger partial charge in [-0.3, -0.25) is 4.79 Å². The van der Waals surface area contributed by atoms with E-state index < -0.39 is 12.1 Å². The molecule has 1 aromatic rings. The van der Waals surface area contributed by atoms with Crippen molar-refractivity contribution in [2.45, 2.75) is 25.4 Å². The van der Waals surface area contributed by atoms with Gasteiger partial charge in [-0.25, -0.2) is 4.79 Å². The quantitative estimate of drug-likeness (QED) is 0.766. The van der Waals surface area contributed by atoms with Crippen LogP contribution in [-0.2, 0) is 9.53 Å². The molecule has 1 aromatic carbocycles. The highest BCUT2D eigenvalue weighted by Gasteiger charge is 2.19. The van der Waals surface area contributed by atoms with Gasteiger partial charge in [0.2, 0.25) is 0 Å². The van der Waals surface area contributed by atoms with Crippen molar-refractivity contribution in [3.63, 3.8) is 0 Å². The number of benzene rings is 1. The molecule has 0 saturated heterocycles. The lowest BCUT2D eigenvalue weighted by Crippen LogP contribution is -2.17. The summed E-state index contributed by atoms with van der Waals surface area (Å²) in [6.45, 7) is 0.0628. The first-order valence-electron chi connectivity index (χ1n) is 7.66. The van der Waals surface area contributed by atoms with Crippen molar-refractivity contribution in [3.8, 4) is 11.5 Å². The molecule has 0 saturated carbocycles. The molecule has 6 nitrogen and oxygen atoms in total. The molecule has 0 unspecified atom stereocenters. The van der Waals surface area contributed by atoms with Crippen molar-refractivity contribution >= 4 is 17.8 Å². The van der Waals surface area contributed by atoms with Gasteiger partial charge < -0.3 is 19.7 Å². The van der Waals surface area contributed by atoms with Gasteiger partial charge in [0.05, 0.1) is 13.7 Å². The van der Waals surface area contributed by atoms with Gasteiger partial charge >= 0.3 is 5.97 Å². The minimum Gasteiger partial charge on any atom is -0.507 e.